The highest BCUT2D eigenvalue weighted by Crippen LogP contribution is 2.04. The molecule has 11 nitrogen and oxygen atoms in total. The van der Waals surface area contributed by atoms with Gasteiger partial charge in [-0.05, 0) is 25.4 Å². The van der Waals surface area contributed by atoms with Crippen molar-refractivity contribution < 1.29 is 34.5 Å². The summed E-state index contributed by atoms with van der Waals surface area (Å²) in [5.41, 5.74) is 5.38. The van der Waals surface area contributed by atoms with Gasteiger partial charge in [-0.25, -0.2) is 4.79 Å². The van der Waals surface area contributed by atoms with Gasteiger partial charge in [0.15, 0.2) is 6.04 Å². The summed E-state index contributed by atoms with van der Waals surface area (Å²) in [6.45, 7) is 0.604. The minimum Gasteiger partial charge on any atom is -0.480 e. The van der Waals surface area contributed by atoms with Gasteiger partial charge in [0, 0.05) is 5.75 Å². The van der Waals surface area contributed by atoms with E-state index in [1.165, 1.54) is 18.7 Å². The highest BCUT2D eigenvalue weighted by atomic mass is 32.2. The van der Waals surface area contributed by atoms with E-state index >= 15 is 0 Å². The first-order valence-electron chi connectivity index (χ1n) is 8.37. The van der Waals surface area contributed by atoms with Gasteiger partial charge in [0.1, 0.15) is 18.1 Å². The van der Waals surface area contributed by atoms with Gasteiger partial charge in [-0.15, -0.1) is 0 Å². The molecular formula is C15H28N4O7S2. The smallest absolute Gasteiger partial charge is 0.328 e. The van der Waals surface area contributed by atoms with Gasteiger partial charge in [-0.1, -0.05) is 0 Å². The van der Waals surface area contributed by atoms with Crippen LogP contribution in [0.4, 0.5) is 0 Å². The quantitative estimate of drug-likeness (QED) is 0.137. The lowest BCUT2D eigenvalue weighted by Crippen LogP contribution is -2.59. The second kappa shape index (κ2) is 13.6. The Kier molecular flexibility index (Phi) is 12.9. The number of amides is 3. The third-order valence-corrected chi connectivity index (χ3v) is 4.65. The lowest BCUT2D eigenvalue weighted by atomic mass is 10.1. The Balaban J connectivity index is 5.18. The van der Waals surface area contributed by atoms with Gasteiger partial charge >= 0.3 is 5.97 Å². The molecule has 0 fully saturated rings. The van der Waals surface area contributed by atoms with Crippen LogP contribution in [0.3, 0.4) is 0 Å². The van der Waals surface area contributed by atoms with Gasteiger partial charge in [0.25, 0.3) is 0 Å². The number of carboxylic acids is 1. The summed E-state index contributed by atoms with van der Waals surface area (Å²) < 4.78 is 0. The maximum Gasteiger partial charge on any atom is 0.328 e. The molecule has 5 atom stereocenters. The molecule has 0 aliphatic carbocycles. The number of aliphatic hydroxyl groups excluding tert-OH is 2. The molecule has 0 aliphatic rings. The van der Waals surface area contributed by atoms with E-state index in [0.717, 1.165) is 0 Å². The van der Waals surface area contributed by atoms with Crippen LogP contribution >= 0.6 is 24.4 Å². The fraction of sp³-hybridized carbons (Fsp3) is 0.733. The van der Waals surface area contributed by atoms with Gasteiger partial charge in [0.2, 0.25) is 17.7 Å². The number of hydrogen-bond acceptors (Lipinski definition) is 9. The molecule has 0 aromatic rings. The van der Waals surface area contributed by atoms with E-state index in [-0.39, 0.29) is 12.2 Å². The number of rotatable bonds is 13. The van der Waals surface area contributed by atoms with Crippen LogP contribution in [0.25, 0.3) is 0 Å². The van der Waals surface area contributed by atoms with Gasteiger partial charge in [0.05, 0.1) is 12.7 Å². The van der Waals surface area contributed by atoms with E-state index in [4.69, 9.17) is 15.9 Å². The third kappa shape index (κ3) is 9.10. The molecule has 28 heavy (non-hydrogen) atoms. The molecule has 8 N–H and O–H groups in total. The van der Waals surface area contributed by atoms with Crippen molar-refractivity contribution in [2.24, 2.45) is 5.73 Å². The fourth-order valence-corrected chi connectivity index (χ4v) is 2.70. The largest absolute Gasteiger partial charge is 0.480 e. The number of thiol groups is 1. The summed E-state index contributed by atoms with van der Waals surface area (Å²) in [5.74, 6) is -3.31. The summed E-state index contributed by atoms with van der Waals surface area (Å²) in [5, 5.41) is 34.4. The Morgan fingerprint density at radius 2 is 1.61 bits per heavy atom. The minimum absolute atomic E-state index is 0.0992. The van der Waals surface area contributed by atoms with Crippen molar-refractivity contribution in [1.82, 2.24) is 16.0 Å². The number of carbonyl (C=O) groups excluding carboxylic acids is 3. The van der Waals surface area contributed by atoms with Crippen LogP contribution in [0, 0.1) is 0 Å². The molecule has 13 heteroatoms. The first-order valence-corrected chi connectivity index (χ1v) is 10.4. The highest BCUT2D eigenvalue weighted by Gasteiger charge is 2.31. The number of nitrogens with one attached hydrogen (secondary N) is 3. The van der Waals surface area contributed by atoms with E-state index in [2.05, 4.69) is 28.6 Å². The number of carboxylic acid groups (broad SMARTS) is 1. The lowest BCUT2D eigenvalue weighted by molar-refractivity contribution is -0.145. The second-order valence-electron chi connectivity index (χ2n) is 5.94. The van der Waals surface area contributed by atoms with Gasteiger partial charge in [-0.3, -0.25) is 14.4 Å². The Bertz CT molecular complexity index is 550. The topological polar surface area (TPSA) is 191 Å². The summed E-state index contributed by atoms with van der Waals surface area (Å²) in [4.78, 5) is 47.7. The van der Waals surface area contributed by atoms with E-state index < -0.39 is 60.6 Å². The Morgan fingerprint density at radius 3 is 2.04 bits per heavy atom. The molecule has 3 amide bonds. The number of hydrogen-bond donors (Lipinski definition) is 8. The number of carbonyl (C=O) groups is 4. The summed E-state index contributed by atoms with van der Waals surface area (Å²) in [6.07, 6.45) is 0.635. The van der Waals surface area contributed by atoms with E-state index in [9.17, 15) is 24.3 Å². The predicted octanol–water partition coefficient (Wildman–Crippen LogP) is -3.09. The van der Waals surface area contributed by atoms with Crippen LogP contribution in [-0.4, -0.2) is 93.7 Å². The summed E-state index contributed by atoms with van der Waals surface area (Å²) >= 11 is 5.40. The molecule has 5 unspecified atom stereocenters. The van der Waals surface area contributed by atoms with Crippen molar-refractivity contribution in [3.05, 3.63) is 0 Å². The molecule has 162 valence electrons. The van der Waals surface area contributed by atoms with Crippen molar-refractivity contribution in [3.63, 3.8) is 0 Å². The summed E-state index contributed by atoms with van der Waals surface area (Å²) in [6, 6.07) is -4.96. The average Bonchev–Trinajstić information content (AvgIpc) is 2.65. The predicted molar refractivity (Wildman–Crippen MR) is 107 cm³/mol. The van der Waals surface area contributed by atoms with Crippen molar-refractivity contribution in [2.45, 2.75) is 43.6 Å². The maximum absolute atomic E-state index is 12.4. The van der Waals surface area contributed by atoms with Crippen molar-refractivity contribution in [2.75, 3.05) is 24.4 Å². The van der Waals surface area contributed by atoms with E-state index in [1.54, 1.807) is 6.26 Å². The molecule has 0 saturated heterocycles. The van der Waals surface area contributed by atoms with Crippen molar-refractivity contribution in [3.8, 4) is 0 Å². The first-order chi connectivity index (χ1) is 13.1. The lowest BCUT2D eigenvalue weighted by Gasteiger charge is -2.25. The molecule has 0 rings (SSSR count). The van der Waals surface area contributed by atoms with Crippen LogP contribution < -0.4 is 21.7 Å². The molecule has 0 heterocycles. The zero-order valence-electron chi connectivity index (χ0n) is 15.6. The minimum atomic E-state index is -1.54. The van der Waals surface area contributed by atoms with Crippen molar-refractivity contribution in [1.29, 1.82) is 0 Å². The van der Waals surface area contributed by atoms with Crippen LogP contribution in [0.15, 0.2) is 0 Å². The Labute approximate surface area is 172 Å². The first kappa shape index (κ1) is 26.5. The Hall–Kier alpha value is -1.54. The number of aliphatic hydroxyl groups is 2. The van der Waals surface area contributed by atoms with Crippen LogP contribution in [-0.2, 0) is 19.2 Å². The fourth-order valence-electron chi connectivity index (χ4n) is 1.98. The maximum atomic E-state index is 12.4. The monoisotopic (exact) mass is 440 g/mol. The number of aliphatic carboxylic acids is 1. The molecule has 0 aliphatic heterocycles. The molecule has 0 bridgehead atoms. The van der Waals surface area contributed by atoms with E-state index in [1.807, 2.05) is 0 Å². The zero-order valence-corrected chi connectivity index (χ0v) is 17.3. The van der Waals surface area contributed by atoms with Crippen molar-refractivity contribution >= 4 is 48.1 Å². The third-order valence-electron chi connectivity index (χ3n) is 3.64. The van der Waals surface area contributed by atoms with Gasteiger partial charge < -0.3 is 37.0 Å². The highest BCUT2D eigenvalue weighted by molar-refractivity contribution is 7.98. The Morgan fingerprint density at radius 1 is 1.07 bits per heavy atom. The molecule has 0 radical (unpaired) electrons. The average molecular weight is 441 g/mol. The van der Waals surface area contributed by atoms with Crippen LogP contribution in [0.5, 0.6) is 0 Å². The standard InChI is InChI=1S/C15H28N4O7S2/c1-7(21)11(15(25)26)19-13(23)9(3-4-28-2)17-14(24)10(6-27)18-12(22)8(16)5-20/h7-11,20-21,27H,3-6,16H2,1-2H3,(H,17,24)(H,18,22)(H,19,23)(H,25,26). The van der Waals surface area contributed by atoms with Crippen LogP contribution in [0.1, 0.15) is 13.3 Å². The number of thioether (sulfide) groups is 1. The van der Waals surface area contributed by atoms with E-state index in [0.29, 0.717) is 5.75 Å². The number of nitrogens with two attached hydrogens (primary N) is 1. The second-order valence-corrected chi connectivity index (χ2v) is 7.29. The summed E-state index contributed by atoms with van der Waals surface area (Å²) in [7, 11) is 0. The SMILES string of the molecule is CSCCC(NC(=O)C(CS)NC(=O)C(N)CO)C(=O)NC(C(=O)O)C(C)O. The van der Waals surface area contributed by atoms with Gasteiger partial charge in [-0.2, -0.15) is 24.4 Å². The molecule has 0 saturated carbocycles. The molecular weight excluding hydrogens is 412 g/mol. The normalized spacial score (nSPS) is 16.2. The molecule has 0 spiro atoms. The molecule has 0 aromatic heterocycles. The zero-order chi connectivity index (χ0) is 21.9. The van der Waals surface area contributed by atoms with Crippen LogP contribution in [0.2, 0.25) is 0 Å². The molecule has 0 aromatic carbocycles.